The maximum absolute atomic E-state index is 11.6. The van der Waals surface area contributed by atoms with Gasteiger partial charge in [0.1, 0.15) is 11.4 Å². The van der Waals surface area contributed by atoms with E-state index in [0.717, 1.165) is 50.3 Å². The van der Waals surface area contributed by atoms with E-state index in [-0.39, 0.29) is 5.69 Å². The minimum atomic E-state index is -0.984. The average molecular weight is 848 g/mol. The normalized spacial score (nSPS) is 11.0. The third kappa shape index (κ3) is 8.18. The number of fused-ring (bicyclic) bond motifs is 2. The van der Waals surface area contributed by atoms with E-state index in [9.17, 15) is 9.59 Å². The smallest absolute Gasteiger partial charge is 0.354 e. The molecule has 0 saturated heterocycles. The second kappa shape index (κ2) is 14.6. The molecule has 0 unspecified atom stereocenters. The number of H-pyrrole nitrogens is 2. The lowest BCUT2D eigenvalue weighted by molar-refractivity contribution is 0.0594. The lowest BCUT2D eigenvalue weighted by Gasteiger charge is -2.05. The van der Waals surface area contributed by atoms with Crippen LogP contribution in [0.3, 0.4) is 0 Å². The van der Waals surface area contributed by atoms with E-state index in [1.165, 1.54) is 18.9 Å². The van der Waals surface area contributed by atoms with Gasteiger partial charge in [-0.2, -0.15) is 0 Å². The number of ether oxygens (including phenoxy) is 1. The number of carbonyl (C=O) groups excluding carboxylic acids is 1. The Bertz CT molecular complexity index is 2100. The Morgan fingerprint density at radius 3 is 1.51 bits per heavy atom. The Morgan fingerprint density at radius 1 is 0.644 bits per heavy atom. The van der Waals surface area contributed by atoms with Gasteiger partial charge in [-0.25, -0.2) is 9.59 Å². The molecule has 3 N–H and O–H groups in total. The van der Waals surface area contributed by atoms with Crippen LogP contribution in [0.25, 0.3) is 21.8 Å². The Morgan fingerprint density at radius 2 is 1.09 bits per heavy atom. The molecule has 45 heavy (non-hydrogen) atoms. The number of hydrogen-bond acceptors (Lipinski definition) is 5. The molecule has 230 valence electrons. The third-order valence-electron chi connectivity index (χ3n) is 6.21. The maximum atomic E-state index is 11.6. The third-order valence-corrected chi connectivity index (χ3v) is 10.9. The summed E-state index contributed by atoms with van der Waals surface area (Å²) in [6.07, 6.45) is 0. The molecule has 0 atom stereocenters. The van der Waals surface area contributed by atoms with Gasteiger partial charge in [0.25, 0.3) is 0 Å². The van der Waals surface area contributed by atoms with Crippen LogP contribution in [-0.4, -0.2) is 34.1 Å². The molecule has 0 aliphatic heterocycles. The van der Waals surface area contributed by atoms with Gasteiger partial charge in [0.2, 0.25) is 0 Å². The van der Waals surface area contributed by atoms with Crippen LogP contribution in [0.1, 0.15) is 21.0 Å². The predicted molar refractivity (Wildman–Crippen MR) is 191 cm³/mol. The summed E-state index contributed by atoms with van der Waals surface area (Å²) in [5, 5.41) is 12.9. The zero-order valence-electron chi connectivity index (χ0n) is 22.7. The second-order valence-corrected chi connectivity index (χ2v) is 14.9. The number of methoxy groups -OCH3 is 1. The molecule has 0 fully saturated rings. The van der Waals surface area contributed by atoms with E-state index in [1.807, 2.05) is 42.5 Å². The van der Waals surface area contributed by atoms with Crippen molar-refractivity contribution in [3.05, 3.63) is 113 Å². The maximum Gasteiger partial charge on any atom is 0.354 e. The summed E-state index contributed by atoms with van der Waals surface area (Å²) in [7, 11) is 1.36. The highest BCUT2D eigenvalue weighted by molar-refractivity contribution is 9.11. The van der Waals surface area contributed by atoms with Gasteiger partial charge in [-0.3, -0.25) is 0 Å². The van der Waals surface area contributed by atoms with Crippen molar-refractivity contribution in [3.8, 4) is 0 Å². The predicted octanol–water partition coefficient (Wildman–Crippen LogP) is 12.3. The van der Waals surface area contributed by atoms with Crippen LogP contribution < -0.4 is 0 Å². The number of carboxylic acids is 1. The Labute approximate surface area is 302 Å². The summed E-state index contributed by atoms with van der Waals surface area (Å²) in [6, 6.07) is 22.1. The van der Waals surface area contributed by atoms with Crippen LogP contribution in [0.2, 0.25) is 20.1 Å². The lowest BCUT2D eigenvalue weighted by atomic mass is 10.2. The first-order valence-electron chi connectivity index (χ1n) is 12.6. The average Bonchev–Trinajstić information content (AvgIpc) is 3.63. The molecule has 0 spiro atoms. The van der Waals surface area contributed by atoms with Gasteiger partial charge in [0.15, 0.2) is 0 Å². The van der Waals surface area contributed by atoms with Crippen molar-refractivity contribution in [3.63, 3.8) is 0 Å². The molecule has 4 aromatic carbocycles. The van der Waals surface area contributed by atoms with Crippen molar-refractivity contribution >= 4 is 136 Å². The number of aromatic amines is 2. The van der Waals surface area contributed by atoms with E-state index in [4.69, 9.17) is 56.2 Å². The van der Waals surface area contributed by atoms with Crippen molar-refractivity contribution in [2.24, 2.45) is 0 Å². The molecule has 6 rings (SSSR count). The highest BCUT2D eigenvalue weighted by Crippen LogP contribution is 2.38. The number of hydrogen-bond donors (Lipinski definition) is 3. The SMILES string of the molecule is COC(=O)c1cc2c(Br)cc(Sc3ccc(Cl)c(Cl)c3)cc2[nH]1.O=C(O)c1cc2c(Br)cc(Sc3ccc(Cl)c(Cl)c3)cc2[nH]1. The van der Waals surface area contributed by atoms with E-state index in [2.05, 4.69) is 41.8 Å². The highest BCUT2D eigenvalue weighted by atomic mass is 79.9. The highest BCUT2D eigenvalue weighted by Gasteiger charge is 2.14. The fourth-order valence-electron chi connectivity index (χ4n) is 4.14. The topological polar surface area (TPSA) is 95.2 Å². The number of aromatic nitrogens is 2. The number of halogens is 6. The molecule has 0 radical (unpaired) electrons. The number of nitrogens with one attached hydrogen (secondary N) is 2. The monoisotopic (exact) mass is 844 g/mol. The summed E-state index contributed by atoms with van der Waals surface area (Å²) in [6.45, 7) is 0. The summed E-state index contributed by atoms with van der Waals surface area (Å²) in [5.41, 5.74) is 2.18. The zero-order chi connectivity index (χ0) is 32.4. The summed E-state index contributed by atoms with van der Waals surface area (Å²) in [5.74, 6) is -1.38. The first kappa shape index (κ1) is 34.1. The van der Waals surface area contributed by atoms with Crippen molar-refractivity contribution in [1.29, 1.82) is 0 Å². The van der Waals surface area contributed by atoms with E-state index in [1.54, 1.807) is 42.1 Å². The summed E-state index contributed by atoms with van der Waals surface area (Å²) in [4.78, 5) is 32.5. The largest absolute Gasteiger partial charge is 0.477 e. The number of esters is 1. The molecular formula is C31H18Br2Cl4N2O4S2. The minimum absolute atomic E-state index is 0.160. The summed E-state index contributed by atoms with van der Waals surface area (Å²) >= 11 is 34.0. The fourth-order valence-corrected chi connectivity index (χ4v) is 8.20. The number of aromatic carboxylic acids is 1. The van der Waals surface area contributed by atoms with Crippen LogP contribution in [0.15, 0.2) is 101 Å². The first-order chi connectivity index (χ1) is 21.4. The van der Waals surface area contributed by atoms with Crippen LogP contribution >= 0.6 is 102 Å². The van der Waals surface area contributed by atoms with Gasteiger partial charge < -0.3 is 19.8 Å². The second-order valence-electron chi connectivity index (χ2n) is 9.25. The summed E-state index contributed by atoms with van der Waals surface area (Å²) < 4.78 is 6.46. The van der Waals surface area contributed by atoms with Crippen molar-refractivity contribution in [1.82, 2.24) is 9.97 Å². The van der Waals surface area contributed by atoms with E-state index in [0.29, 0.717) is 25.8 Å². The molecule has 14 heteroatoms. The van der Waals surface area contributed by atoms with Crippen LogP contribution in [0, 0.1) is 0 Å². The van der Waals surface area contributed by atoms with Crippen LogP contribution in [-0.2, 0) is 4.74 Å². The first-order valence-corrected chi connectivity index (χ1v) is 17.4. The fraction of sp³-hybridized carbons (Fsp3) is 0.0323. The van der Waals surface area contributed by atoms with Crippen molar-refractivity contribution in [2.75, 3.05) is 7.11 Å². The van der Waals surface area contributed by atoms with Gasteiger partial charge in [-0.1, -0.05) is 102 Å². The number of benzene rings is 4. The minimum Gasteiger partial charge on any atom is -0.477 e. The lowest BCUT2D eigenvalue weighted by Crippen LogP contribution is -2.00. The Hall–Kier alpha value is -2.28. The van der Waals surface area contributed by atoms with Gasteiger partial charge in [-0.05, 0) is 72.8 Å². The molecule has 0 aliphatic rings. The molecule has 2 aromatic heterocycles. The van der Waals surface area contributed by atoms with E-state index < -0.39 is 11.9 Å². The molecule has 0 amide bonds. The number of rotatable bonds is 6. The molecule has 0 aliphatic carbocycles. The Kier molecular flexibility index (Phi) is 11.1. The zero-order valence-corrected chi connectivity index (χ0v) is 30.5. The van der Waals surface area contributed by atoms with Gasteiger partial charge in [0.05, 0.1) is 27.2 Å². The van der Waals surface area contributed by atoms with Gasteiger partial charge >= 0.3 is 11.9 Å². The molecule has 2 heterocycles. The molecule has 6 aromatic rings. The van der Waals surface area contributed by atoms with Crippen LogP contribution in [0.4, 0.5) is 0 Å². The van der Waals surface area contributed by atoms with Gasteiger partial charge in [-0.15, -0.1) is 0 Å². The Balaban J connectivity index is 0.000000178. The van der Waals surface area contributed by atoms with Crippen molar-refractivity contribution in [2.45, 2.75) is 19.6 Å². The number of carboxylic acid groups (broad SMARTS) is 1. The van der Waals surface area contributed by atoms with Crippen LogP contribution in [0.5, 0.6) is 0 Å². The standard InChI is InChI=1S/C16H10BrCl2NO2S.C15H8BrCl2NO2S/c1-22-16(21)15-7-10-11(17)4-9(6-14(10)20-15)23-8-2-3-12(18)13(19)5-8;16-10-3-8(22-7-1-2-11(17)12(18)4-7)5-13-9(10)6-14(19-13)15(20)21/h2-7,20H,1H3;1-6,19H,(H,20,21). The van der Waals surface area contributed by atoms with Crippen molar-refractivity contribution < 1.29 is 19.4 Å². The van der Waals surface area contributed by atoms with Gasteiger partial charge in [0, 0.05) is 50.3 Å². The molecular weight excluding hydrogens is 830 g/mol. The quantitative estimate of drug-likeness (QED) is 0.145. The van der Waals surface area contributed by atoms with E-state index >= 15 is 0 Å². The molecule has 0 bridgehead atoms. The molecule has 6 nitrogen and oxygen atoms in total. The number of carbonyl (C=O) groups is 2. The molecule has 0 saturated carbocycles.